The van der Waals surface area contributed by atoms with Crippen molar-refractivity contribution in [1.29, 1.82) is 0 Å². The van der Waals surface area contributed by atoms with Gasteiger partial charge in [0, 0.05) is 11.0 Å². The van der Waals surface area contributed by atoms with E-state index in [9.17, 15) is 4.79 Å². The second-order valence-corrected chi connectivity index (χ2v) is 12.7. The van der Waals surface area contributed by atoms with Gasteiger partial charge in [0.25, 0.3) is 6.64 Å². The molecule has 1 fully saturated rings. The zero-order valence-electron chi connectivity index (χ0n) is 15.8. The van der Waals surface area contributed by atoms with Gasteiger partial charge in [0.1, 0.15) is 5.04 Å². The molecule has 0 radical (unpaired) electrons. The molecule has 0 spiro atoms. The summed E-state index contributed by atoms with van der Waals surface area (Å²) in [4.78, 5) is 16.4. The summed E-state index contributed by atoms with van der Waals surface area (Å²) in [5.41, 5.74) is -0.341. The molecule has 0 aromatic rings. The van der Waals surface area contributed by atoms with Gasteiger partial charge in [-0.1, -0.05) is 19.0 Å². The summed E-state index contributed by atoms with van der Waals surface area (Å²) in [6.07, 6.45) is 1.24. The average molecular weight is 430 g/mol. The van der Waals surface area contributed by atoms with E-state index in [2.05, 4.69) is 24.3 Å². The van der Waals surface area contributed by atoms with Crippen LogP contribution >= 0.6 is 30.4 Å². The summed E-state index contributed by atoms with van der Waals surface area (Å²) in [6.45, 7) is 10.5. The molecule has 11 heteroatoms. The van der Waals surface area contributed by atoms with E-state index < -0.39 is 12.7 Å². The maximum Gasteiger partial charge on any atom is 0.434 e. The SMILES string of the molecule is CS/C(C)=N\OC(=O)NCSN(C(C)(C)C)P1(=S)OCC(C)(C)CO1. The Morgan fingerprint density at radius 1 is 1.40 bits per heavy atom. The van der Waals surface area contributed by atoms with Crippen LogP contribution in [0.2, 0.25) is 0 Å². The number of nitrogens with one attached hydrogen (secondary N) is 1. The number of hydrogen-bond acceptors (Lipinski definition) is 8. The summed E-state index contributed by atoms with van der Waals surface area (Å²) in [7, 11) is 0. The van der Waals surface area contributed by atoms with Gasteiger partial charge in [-0.2, -0.15) is 4.08 Å². The molecular formula is C14H28N3O4PS3. The molecular weight excluding hydrogens is 401 g/mol. The highest BCUT2D eigenvalue weighted by atomic mass is 32.5. The fourth-order valence-electron chi connectivity index (χ4n) is 1.66. The average Bonchev–Trinajstić information content (AvgIpc) is 2.51. The molecule has 1 N–H and O–H groups in total. The number of nitrogens with zero attached hydrogens (tertiary/aromatic N) is 2. The van der Waals surface area contributed by atoms with E-state index in [0.29, 0.717) is 18.3 Å². The van der Waals surface area contributed by atoms with Crippen molar-refractivity contribution < 1.29 is 18.7 Å². The van der Waals surface area contributed by atoms with Crippen molar-refractivity contribution in [3.05, 3.63) is 0 Å². The second-order valence-electron chi connectivity index (χ2n) is 7.27. The number of carbonyl (C=O) groups excluding carboxylic acids is 1. The first-order valence-corrected chi connectivity index (χ1v) is 12.5. The number of amides is 1. The van der Waals surface area contributed by atoms with Crippen molar-refractivity contribution in [2.45, 2.75) is 47.1 Å². The molecule has 0 unspecified atom stereocenters. The molecule has 0 aliphatic carbocycles. The van der Waals surface area contributed by atoms with Crippen LogP contribution in [0.5, 0.6) is 0 Å². The largest absolute Gasteiger partial charge is 0.434 e. The lowest BCUT2D eigenvalue weighted by Crippen LogP contribution is -2.40. The fraction of sp³-hybridized carbons (Fsp3) is 0.857. The standard InChI is InChI=1S/C14H28N3O4PS3/c1-11(24-7)16-21-12(18)15-10-25-17(13(2,3)4)22(23)19-8-14(5,6)9-20-22/h8-10H2,1-7H3,(H,15,18)/b16-11-. The highest BCUT2D eigenvalue weighted by molar-refractivity contribution is 8.15. The zero-order valence-corrected chi connectivity index (χ0v) is 19.2. The van der Waals surface area contributed by atoms with Gasteiger partial charge in [-0.25, -0.2) is 4.79 Å². The fourth-order valence-corrected chi connectivity index (χ4v) is 7.00. The molecule has 1 aliphatic heterocycles. The summed E-state index contributed by atoms with van der Waals surface area (Å²) in [5.74, 6) is 0.276. The number of rotatable bonds is 5. The maximum atomic E-state index is 11.7. The Bertz CT molecular complexity index is 538. The molecule has 146 valence electrons. The lowest BCUT2D eigenvalue weighted by molar-refractivity contribution is 0.0453. The van der Waals surface area contributed by atoms with E-state index in [1.807, 2.05) is 31.1 Å². The molecule has 25 heavy (non-hydrogen) atoms. The van der Waals surface area contributed by atoms with Gasteiger partial charge in [-0.05, 0) is 57.7 Å². The summed E-state index contributed by atoms with van der Waals surface area (Å²) in [5, 5.41) is 7.00. The third-order valence-corrected chi connectivity index (χ3v) is 9.10. The maximum absolute atomic E-state index is 11.7. The molecule has 0 atom stereocenters. The molecule has 0 bridgehead atoms. The first kappa shape index (κ1) is 23.2. The minimum atomic E-state index is -2.61. The van der Waals surface area contributed by atoms with Crippen molar-refractivity contribution in [2.75, 3.05) is 25.3 Å². The van der Waals surface area contributed by atoms with Crippen molar-refractivity contribution in [1.82, 2.24) is 9.39 Å². The molecule has 0 saturated carbocycles. The Balaban J connectivity index is 2.64. The molecule has 0 aromatic carbocycles. The molecule has 1 rings (SSSR count). The third-order valence-electron chi connectivity index (χ3n) is 2.99. The van der Waals surface area contributed by atoms with E-state index in [1.54, 1.807) is 6.92 Å². The van der Waals surface area contributed by atoms with Crippen LogP contribution in [0.25, 0.3) is 0 Å². The molecule has 1 saturated heterocycles. The minimum absolute atomic E-state index is 0.0499. The Kier molecular flexibility index (Phi) is 8.72. The van der Waals surface area contributed by atoms with Crippen molar-refractivity contribution in [3.63, 3.8) is 0 Å². The first-order valence-electron chi connectivity index (χ1n) is 7.76. The van der Waals surface area contributed by atoms with Gasteiger partial charge in [-0.3, -0.25) is 4.84 Å². The molecule has 1 aliphatic rings. The Hall–Kier alpha value is 0.170. The van der Waals surface area contributed by atoms with E-state index in [-0.39, 0.29) is 16.8 Å². The zero-order chi connectivity index (χ0) is 19.3. The lowest BCUT2D eigenvalue weighted by Gasteiger charge is -2.45. The van der Waals surface area contributed by atoms with E-state index in [0.717, 1.165) is 0 Å². The van der Waals surface area contributed by atoms with Crippen LogP contribution in [-0.2, 0) is 25.7 Å². The second kappa shape index (κ2) is 9.39. The van der Waals surface area contributed by atoms with E-state index in [4.69, 9.17) is 25.7 Å². The van der Waals surface area contributed by atoms with Crippen LogP contribution < -0.4 is 5.32 Å². The molecule has 1 amide bonds. The van der Waals surface area contributed by atoms with Crippen LogP contribution in [0.4, 0.5) is 4.79 Å². The number of oxime groups is 1. The van der Waals surface area contributed by atoms with Crippen LogP contribution in [-0.4, -0.2) is 46.1 Å². The normalized spacial score (nSPS) is 20.4. The summed E-state index contributed by atoms with van der Waals surface area (Å²) < 4.78 is 13.9. The monoisotopic (exact) mass is 429 g/mol. The quantitative estimate of drug-likeness (QED) is 0.131. The van der Waals surface area contributed by atoms with Gasteiger partial charge in [0.15, 0.2) is 0 Å². The lowest BCUT2D eigenvalue weighted by atomic mass is 9.97. The van der Waals surface area contributed by atoms with Crippen LogP contribution in [0.1, 0.15) is 41.5 Å². The third kappa shape index (κ3) is 7.74. The Morgan fingerprint density at radius 3 is 2.44 bits per heavy atom. The van der Waals surface area contributed by atoms with Gasteiger partial charge < -0.3 is 14.4 Å². The van der Waals surface area contributed by atoms with Crippen LogP contribution in [0.3, 0.4) is 0 Å². The smallest absolute Gasteiger partial charge is 0.317 e. The predicted molar refractivity (Wildman–Crippen MR) is 110 cm³/mol. The molecule has 0 aromatic heterocycles. The number of hydrogen-bond donors (Lipinski definition) is 1. The number of thioether (sulfide) groups is 1. The van der Waals surface area contributed by atoms with Crippen LogP contribution in [0.15, 0.2) is 5.16 Å². The summed E-state index contributed by atoms with van der Waals surface area (Å²) >= 11 is 8.48. The van der Waals surface area contributed by atoms with E-state index in [1.165, 1.54) is 23.7 Å². The van der Waals surface area contributed by atoms with Gasteiger partial charge >= 0.3 is 6.09 Å². The predicted octanol–water partition coefficient (Wildman–Crippen LogP) is 4.41. The van der Waals surface area contributed by atoms with Crippen LogP contribution in [0, 0.1) is 5.41 Å². The first-order chi connectivity index (χ1) is 11.4. The van der Waals surface area contributed by atoms with Crippen molar-refractivity contribution in [2.24, 2.45) is 10.6 Å². The summed E-state index contributed by atoms with van der Waals surface area (Å²) in [6, 6.07) is 0. The molecule has 1 heterocycles. The minimum Gasteiger partial charge on any atom is -0.317 e. The highest BCUT2D eigenvalue weighted by Crippen LogP contribution is 2.62. The number of carbonyl (C=O) groups is 1. The van der Waals surface area contributed by atoms with E-state index >= 15 is 0 Å². The van der Waals surface area contributed by atoms with Gasteiger partial charge in [0.2, 0.25) is 0 Å². The van der Waals surface area contributed by atoms with Crippen molar-refractivity contribution >= 4 is 53.3 Å². The van der Waals surface area contributed by atoms with Crippen molar-refractivity contribution in [3.8, 4) is 0 Å². The highest BCUT2D eigenvalue weighted by Gasteiger charge is 2.42. The Morgan fingerprint density at radius 2 is 1.96 bits per heavy atom. The molecule has 7 nitrogen and oxygen atoms in total. The van der Waals surface area contributed by atoms with Gasteiger partial charge in [0.05, 0.1) is 19.1 Å². The van der Waals surface area contributed by atoms with Gasteiger partial charge in [-0.15, -0.1) is 11.8 Å². The topological polar surface area (TPSA) is 72.4 Å². The Labute approximate surface area is 164 Å².